The predicted octanol–water partition coefficient (Wildman–Crippen LogP) is 2.95. The third-order valence-corrected chi connectivity index (χ3v) is 7.01. The van der Waals surface area contributed by atoms with E-state index in [4.69, 9.17) is 11.6 Å². The highest BCUT2D eigenvalue weighted by Gasteiger charge is 2.21. The van der Waals surface area contributed by atoms with Gasteiger partial charge in [-0.05, 0) is 43.0 Å². The van der Waals surface area contributed by atoms with Crippen molar-refractivity contribution in [3.05, 3.63) is 64.7 Å². The van der Waals surface area contributed by atoms with Crippen LogP contribution in [0.5, 0.6) is 0 Å². The summed E-state index contributed by atoms with van der Waals surface area (Å²) in [5, 5.41) is 2.71. The fourth-order valence-corrected chi connectivity index (χ4v) is 4.93. The molecule has 31 heavy (non-hydrogen) atoms. The molecule has 0 aliphatic carbocycles. The minimum Gasteiger partial charge on any atom is -0.352 e. The first-order valence-corrected chi connectivity index (χ1v) is 12.1. The summed E-state index contributed by atoms with van der Waals surface area (Å²) in [6, 6.07) is 13.2. The number of piperidine rings is 1. The van der Waals surface area contributed by atoms with E-state index in [1.807, 2.05) is 23.1 Å². The van der Waals surface area contributed by atoms with Crippen molar-refractivity contribution in [1.82, 2.24) is 14.9 Å². The normalized spacial score (nSPS) is 14.3. The maximum Gasteiger partial charge on any atom is 0.251 e. The highest BCUT2D eigenvalue weighted by molar-refractivity contribution is 7.89. The third kappa shape index (κ3) is 6.53. The molecule has 3 rings (SSSR count). The van der Waals surface area contributed by atoms with E-state index in [0.29, 0.717) is 0 Å². The van der Waals surface area contributed by atoms with Crippen LogP contribution in [0.2, 0.25) is 5.02 Å². The second-order valence-electron chi connectivity index (χ2n) is 7.40. The van der Waals surface area contributed by atoms with Gasteiger partial charge >= 0.3 is 0 Å². The van der Waals surface area contributed by atoms with Gasteiger partial charge in [-0.2, -0.15) is 0 Å². The molecule has 0 atom stereocenters. The van der Waals surface area contributed by atoms with E-state index in [-0.39, 0.29) is 40.9 Å². The molecule has 1 aliphatic rings. The molecule has 1 aliphatic heterocycles. The average molecular weight is 464 g/mol. The van der Waals surface area contributed by atoms with Gasteiger partial charge in [-0.25, -0.2) is 13.1 Å². The van der Waals surface area contributed by atoms with E-state index < -0.39 is 15.9 Å². The number of benzene rings is 2. The average Bonchev–Trinajstić information content (AvgIpc) is 2.79. The highest BCUT2D eigenvalue weighted by atomic mass is 35.5. The Morgan fingerprint density at radius 1 is 1.00 bits per heavy atom. The monoisotopic (exact) mass is 463 g/mol. The molecule has 2 aromatic carbocycles. The molecular formula is C22H26ClN3O4S. The van der Waals surface area contributed by atoms with Crippen LogP contribution in [0.1, 0.15) is 41.6 Å². The first-order chi connectivity index (χ1) is 14.9. The van der Waals surface area contributed by atoms with Crippen molar-refractivity contribution < 1.29 is 18.0 Å². The molecule has 2 aromatic rings. The molecule has 0 saturated carbocycles. The smallest absolute Gasteiger partial charge is 0.251 e. The van der Waals surface area contributed by atoms with Gasteiger partial charge in [0.2, 0.25) is 15.9 Å². The molecule has 0 radical (unpaired) electrons. The molecule has 1 heterocycles. The van der Waals surface area contributed by atoms with Crippen molar-refractivity contribution in [3.8, 4) is 0 Å². The molecule has 7 nitrogen and oxygen atoms in total. The lowest BCUT2D eigenvalue weighted by molar-refractivity contribution is -0.131. The molecule has 166 valence electrons. The van der Waals surface area contributed by atoms with Crippen LogP contribution >= 0.6 is 11.6 Å². The van der Waals surface area contributed by atoms with Crippen molar-refractivity contribution in [2.24, 2.45) is 0 Å². The second-order valence-corrected chi connectivity index (χ2v) is 9.55. The first kappa shape index (κ1) is 23.2. The summed E-state index contributed by atoms with van der Waals surface area (Å²) in [7, 11) is -3.92. The zero-order valence-corrected chi connectivity index (χ0v) is 18.7. The minimum absolute atomic E-state index is 0.0180. The lowest BCUT2D eigenvalue weighted by atomic mass is 10.1. The van der Waals surface area contributed by atoms with Crippen LogP contribution in [0.4, 0.5) is 0 Å². The molecular weight excluding hydrogens is 438 g/mol. The molecule has 2 N–H and O–H groups in total. The Hall–Kier alpha value is -2.42. The Bertz CT molecular complexity index is 1020. The number of nitrogens with one attached hydrogen (secondary N) is 2. The number of carbonyl (C=O) groups excluding carboxylic acids is 2. The van der Waals surface area contributed by atoms with Gasteiger partial charge in [-0.3, -0.25) is 9.59 Å². The molecule has 1 saturated heterocycles. The Labute approximate surface area is 187 Å². The number of hydrogen-bond acceptors (Lipinski definition) is 4. The summed E-state index contributed by atoms with van der Waals surface area (Å²) < 4.78 is 27.9. The van der Waals surface area contributed by atoms with Crippen LogP contribution in [-0.2, 0) is 21.4 Å². The van der Waals surface area contributed by atoms with E-state index in [1.165, 1.54) is 18.2 Å². The molecule has 0 aromatic heterocycles. The molecule has 9 heteroatoms. The number of halogens is 1. The number of likely N-dealkylation sites (tertiary alicyclic amines) is 1. The zero-order chi connectivity index (χ0) is 22.3. The van der Waals surface area contributed by atoms with E-state index in [2.05, 4.69) is 10.0 Å². The summed E-state index contributed by atoms with van der Waals surface area (Å²) in [5.74, 6) is -0.438. The number of hydrogen-bond donors (Lipinski definition) is 2. The number of nitrogens with zero attached hydrogens (tertiary/aromatic N) is 1. The Balaban J connectivity index is 1.60. The van der Waals surface area contributed by atoms with Crippen molar-refractivity contribution in [3.63, 3.8) is 0 Å². The van der Waals surface area contributed by atoms with Gasteiger partial charge in [0.1, 0.15) is 4.90 Å². The Morgan fingerprint density at radius 2 is 1.71 bits per heavy atom. The van der Waals surface area contributed by atoms with Crippen LogP contribution in [-0.4, -0.2) is 44.8 Å². The predicted molar refractivity (Wildman–Crippen MR) is 119 cm³/mol. The minimum atomic E-state index is -3.92. The van der Waals surface area contributed by atoms with Crippen molar-refractivity contribution in [2.45, 2.75) is 37.1 Å². The largest absolute Gasteiger partial charge is 0.352 e. The molecule has 0 spiro atoms. The maximum atomic E-state index is 12.7. The van der Waals surface area contributed by atoms with Gasteiger partial charge in [-0.1, -0.05) is 41.9 Å². The van der Waals surface area contributed by atoms with E-state index in [1.54, 1.807) is 12.1 Å². The van der Waals surface area contributed by atoms with Crippen molar-refractivity contribution in [1.29, 1.82) is 0 Å². The SMILES string of the molecule is O=C(NCCC(=O)N1CCCCC1)c1ccc(Cl)c(S(=O)(=O)NCc2ccccc2)c1. The van der Waals surface area contributed by atoms with Gasteiger partial charge in [0, 0.05) is 38.2 Å². The number of carbonyl (C=O) groups is 2. The van der Waals surface area contributed by atoms with Gasteiger partial charge in [-0.15, -0.1) is 0 Å². The van der Waals surface area contributed by atoms with Crippen LogP contribution < -0.4 is 10.0 Å². The lowest BCUT2D eigenvalue weighted by Crippen LogP contribution is -2.37. The Kier molecular flexibility index (Phi) is 8.06. The van der Waals surface area contributed by atoms with E-state index in [9.17, 15) is 18.0 Å². The van der Waals surface area contributed by atoms with Gasteiger partial charge in [0.25, 0.3) is 5.91 Å². The van der Waals surface area contributed by atoms with Crippen molar-refractivity contribution >= 4 is 33.4 Å². The van der Waals surface area contributed by atoms with E-state index >= 15 is 0 Å². The molecule has 1 fully saturated rings. The quantitative estimate of drug-likeness (QED) is 0.629. The fraction of sp³-hybridized carbons (Fsp3) is 0.364. The zero-order valence-electron chi connectivity index (χ0n) is 17.1. The molecule has 0 unspecified atom stereocenters. The van der Waals surface area contributed by atoms with Crippen LogP contribution in [0.3, 0.4) is 0 Å². The molecule has 2 amide bonds. The summed E-state index contributed by atoms with van der Waals surface area (Å²) >= 11 is 6.10. The molecule has 0 bridgehead atoms. The van der Waals surface area contributed by atoms with Gasteiger partial charge in [0.15, 0.2) is 0 Å². The first-order valence-electron chi connectivity index (χ1n) is 10.3. The standard InChI is InChI=1S/C22H26ClN3O4S/c23-19-10-9-18(22(28)24-12-11-21(27)26-13-5-2-6-14-26)15-20(19)31(29,30)25-16-17-7-3-1-4-8-17/h1,3-4,7-10,15,25H,2,5-6,11-14,16H2,(H,24,28). The fourth-order valence-electron chi connectivity index (χ4n) is 3.39. The topological polar surface area (TPSA) is 95.6 Å². The van der Waals surface area contributed by atoms with Gasteiger partial charge < -0.3 is 10.2 Å². The maximum absolute atomic E-state index is 12.7. The second kappa shape index (κ2) is 10.7. The number of amides is 2. The summed E-state index contributed by atoms with van der Waals surface area (Å²) in [6.45, 7) is 1.82. The number of sulfonamides is 1. The van der Waals surface area contributed by atoms with Crippen LogP contribution in [0, 0.1) is 0 Å². The van der Waals surface area contributed by atoms with Gasteiger partial charge in [0.05, 0.1) is 5.02 Å². The van der Waals surface area contributed by atoms with Crippen LogP contribution in [0.25, 0.3) is 0 Å². The summed E-state index contributed by atoms with van der Waals surface area (Å²) in [4.78, 5) is 26.3. The van der Waals surface area contributed by atoms with E-state index in [0.717, 1.165) is 37.9 Å². The third-order valence-electron chi connectivity index (χ3n) is 5.13. The summed E-state index contributed by atoms with van der Waals surface area (Å²) in [6.07, 6.45) is 3.38. The summed E-state index contributed by atoms with van der Waals surface area (Å²) in [5.41, 5.74) is 0.962. The highest BCUT2D eigenvalue weighted by Crippen LogP contribution is 2.23. The van der Waals surface area contributed by atoms with Crippen molar-refractivity contribution in [2.75, 3.05) is 19.6 Å². The van der Waals surface area contributed by atoms with Crippen LogP contribution in [0.15, 0.2) is 53.4 Å². The lowest BCUT2D eigenvalue weighted by Gasteiger charge is -2.26. The number of rotatable bonds is 8. The Morgan fingerprint density at radius 3 is 2.42 bits per heavy atom.